The van der Waals surface area contributed by atoms with E-state index in [0.717, 1.165) is 30.2 Å². The van der Waals surface area contributed by atoms with Crippen LogP contribution in [0.5, 0.6) is 5.75 Å². The minimum atomic E-state index is 0.0757. The second kappa shape index (κ2) is 6.87. The Morgan fingerprint density at radius 2 is 1.95 bits per heavy atom. The zero-order valence-corrected chi connectivity index (χ0v) is 13.1. The molecule has 0 aliphatic heterocycles. The Kier molecular flexibility index (Phi) is 5.76. The summed E-state index contributed by atoms with van der Waals surface area (Å²) in [4.78, 5) is 6.68. The summed E-state index contributed by atoms with van der Waals surface area (Å²) in [5.41, 5.74) is 2.08. The first kappa shape index (κ1) is 15.9. The van der Waals surface area contributed by atoms with E-state index >= 15 is 0 Å². The van der Waals surface area contributed by atoms with E-state index in [4.69, 9.17) is 4.74 Å². The minimum Gasteiger partial charge on any atom is -0.490 e. The fourth-order valence-corrected chi connectivity index (χ4v) is 1.54. The van der Waals surface area contributed by atoms with Crippen LogP contribution < -0.4 is 10.1 Å². The highest BCUT2D eigenvalue weighted by Crippen LogP contribution is 2.17. The summed E-state index contributed by atoms with van der Waals surface area (Å²) in [6, 6.07) is 4.00. The normalized spacial score (nSPS) is 11.9. The van der Waals surface area contributed by atoms with E-state index < -0.39 is 0 Å². The smallest absolute Gasteiger partial charge is 0.142 e. The van der Waals surface area contributed by atoms with E-state index in [2.05, 4.69) is 36.0 Å². The van der Waals surface area contributed by atoms with Crippen molar-refractivity contribution in [2.45, 2.75) is 39.8 Å². The SMILES string of the molecule is Cc1ccc(OCCN(C)C)c(CNC(C)(C)C)n1. The number of likely N-dealkylation sites (N-methyl/N-ethyl adjacent to an activating group) is 1. The van der Waals surface area contributed by atoms with Crippen molar-refractivity contribution >= 4 is 0 Å². The molecule has 1 aromatic heterocycles. The first-order valence-corrected chi connectivity index (χ1v) is 6.77. The van der Waals surface area contributed by atoms with Gasteiger partial charge in [0.1, 0.15) is 12.4 Å². The Morgan fingerprint density at radius 1 is 1.26 bits per heavy atom. The van der Waals surface area contributed by atoms with Crippen LogP contribution in [0.2, 0.25) is 0 Å². The van der Waals surface area contributed by atoms with Crippen LogP contribution in [0.1, 0.15) is 32.2 Å². The molecule has 0 saturated heterocycles. The molecule has 0 spiro atoms. The maximum absolute atomic E-state index is 5.82. The molecule has 0 amide bonds. The first-order valence-electron chi connectivity index (χ1n) is 6.77. The largest absolute Gasteiger partial charge is 0.490 e. The van der Waals surface area contributed by atoms with Crippen molar-refractivity contribution in [3.8, 4) is 5.75 Å². The lowest BCUT2D eigenvalue weighted by atomic mass is 10.1. The molecule has 0 aliphatic rings. The van der Waals surface area contributed by atoms with Crippen molar-refractivity contribution in [1.29, 1.82) is 0 Å². The molecule has 0 atom stereocenters. The average molecular weight is 265 g/mol. The lowest BCUT2D eigenvalue weighted by Crippen LogP contribution is -2.35. The highest BCUT2D eigenvalue weighted by molar-refractivity contribution is 5.29. The van der Waals surface area contributed by atoms with Gasteiger partial charge in [-0.25, -0.2) is 0 Å². The molecule has 0 fully saturated rings. The van der Waals surface area contributed by atoms with Gasteiger partial charge in [0.15, 0.2) is 0 Å². The lowest BCUT2D eigenvalue weighted by molar-refractivity contribution is 0.257. The molecule has 0 saturated carbocycles. The number of aryl methyl sites for hydroxylation is 1. The maximum atomic E-state index is 5.82. The summed E-state index contributed by atoms with van der Waals surface area (Å²) >= 11 is 0. The van der Waals surface area contributed by atoms with E-state index in [1.807, 2.05) is 33.2 Å². The number of ether oxygens (including phenoxy) is 1. The van der Waals surface area contributed by atoms with Gasteiger partial charge in [0.2, 0.25) is 0 Å². The van der Waals surface area contributed by atoms with Gasteiger partial charge in [0, 0.05) is 24.3 Å². The second-order valence-electron chi connectivity index (χ2n) is 6.15. The van der Waals surface area contributed by atoms with Crippen LogP contribution in [0.25, 0.3) is 0 Å². The average Bonchev–Trinajstić information content (AvgIpc) is 2.27. The fraction of sp³-hybridized carbons (Fsp3) is 0.667. The lowest BCUT2D eigenvalue weighted by Gasteiger charge is -2.21. The third-order valence-electron chi connectivity index (χ3n) is 2.65. The van der Waals surface area contributed by atoms with Crippen LogP contribution in [-0.2, 0) is 6.54 Å². The van der Waals surface area contributed by atoms with Crippen LogP contribution >= 0.6 is 0 Å². The molecule has 1 N–H and O–H groups in total. The molecular weight excluding hydrogens is 238 g/mol. The van der Waals surface area contributed by atoms with Gasteiger partial charge < -0.3 is 15.0 Å². The Morgan fingerprint density at radius 3 is 2.53 bits per heavy atom. The molecule has 0 bridgehead atoms. The molecule has 0 aromatic carbocycles. The highest BCUT2D eigenvalue weighted by atomic mass is 16.5. The molecule has 19 heavy (non-hydrogen) atoms. The number of pyridine rings is 1. The number of nitrogens with zero attached hydrogens (tertiary/aromatic N) is 2. The monoisotopic (exact) mass is 265 g/mol. The van der Waals surface area contributed by atoms with Crippen molar-refractivity contribution in [1.82, 2.24) is 15.2 Å². The summed E-state index contributed by atoms with van der Waals surface area (Å²) in [6.45, 7) is 10.8. The number of aromatic nitrogens is 1. The van der Waals surface area contributed by atoms with Crippen molar-refractivity contribution in [3.05, 3.63) is 23.5 Å². The van der Waals surface area contributed by atoms with E-state index in [1.54, 1.807) is 0 Å². The van der Waals surface area contributed by atoms with Gasteiger partial charge in [-0.2, -0.15) is 0 Å². The highest BCUT2D eigenvalue weighted by Gasteiger charge is 2.12. The molecule has 1 aromatic rings. The summed E-state index contributed by atoms with van der Waals surface area (Å²) in [5, 5.41) is 3.45. The quantitative estimate of drug-likeness (QED) is 0.856. The number of rotatable bonds is 6. The predicted molar refractivity (Wildman–Crippen MR) is 79.6 cm³/mol. The Hall–Kier alpha value is -1.13. The molecule has 0 aliphatic carbocycles. The predicted octanol–water partition coefficient (Wildman–Crippen LogP) is 2.22. The van der Waals surface area contributed by atoms with Crippen LogP contribution in [0.15, 0.2) is 12.1 Å². The fourth-order valence-electron chi connectivity index (χ4n) is 1.54. The summed E-state index contributed by atoms with van der Waals surface area (Å²) in [7, 11) is 4.08. The summed E-state index contributed by atoms with van der Waals surface area (Å²) in [6.07, 6.45) is 0. The van der Waals surface area contributed by atoms with Crippen LogP contribution in [-0.4, -0.2) is 42.7 Å². The zero-order valence-electron chi connectivity index (χ0n) is 13.1. The van der Waals surface area contributed by atoms with Crippen LogP contribution in [0.3, 0.4) is 0 Å². The van der Waals surface area contributed by atoms with E-state index in [-0.39, 0.29) is 5.54 Å². The molecule has 4 heteroatoms. The molecule has 0 unspecified atom stereocenters. The zero-order chi connectivity index (χ0) is 14.5. The third-order valence-corrected chi connectivity index (χ3v) is 2.65. The van der Waals surface area contributed by atoms with Gasteiger partial charge in [0.25, 0.3) is 0 Å². The molecule has 0 radical (unpaired) electrons. The summed E-state index contributed by atoms with van der Waals surface area (Å²) in [5.74, 6) is 0.879. The van der Waals surface area contributed by atoms with Crippen LogP contribution in [0.4, 0.5) is 0 Å². The summed E-state index contributed by atoms with van der Waals surface area (Å²) < 4.78 is 5.82. The topological polar surface area (TPSA) is 37.4 Å². The first-order chi connectivity index (χ1) is 8.78. The Balaban J connectivity index is 2.68. The van der Waals surface area contributed by atoms with Gasteiger partial charge in [-0.15, -0.1) is 0 Å². The Labute approximate surface area is 117 Å². The molecule has 4 nitrogen and oxygen atoms in total. The van der Waals surface area contributed by atoms with Crippen molar-refractivity contribution < 1.29 is 4.74 Å². The molecule has 108 valence electrons. The van der Waals surface area contributed by atoms with Crippen LogP contribution in [0, 0.1) is 6.92 Å². The number of hydrogen-bond donors (Lipinski definition) is 1. The maximum Gasteiger partial charge on any atom is 0.142 e. The molecular formula is C15H27N3O. The number of hydrogen-bond acceptors (Lipinski definition) is 4. The van der Waals surface area contributed by atoms with Gasteiger partial charge in [0.05, 0.1) is 5.69 Å². The standard InChI is InChI=1S/C15H27N3O/c1-12-7-8-14(19-10-9-18(5)6)13(17-12)11-16-15(2,3)4/h7-8,16H,9-11H2,1-6H3. The third kappa shape index (κ3) is 6.55. The molecule has 1 rings (SSSR count). The number of nitrogens with one attached hydrogen (secondary N) is 1. The Bertz CT molecular complexity index is 397. The van der Waals surface area contributed by atoms with Gasteiger partial charge in [-0.05, 0) is 53.9 Å². The van der Waals surface area contributed by atoms with Crippen molar-refractivity contribution in [3.63, 3.8) is 0 Å². The van der Waals surface area contributed by atoms with E-state index in [9.17, 15) is 0 Å². The van der Waals surface area contributed by atoms with E-state index in [1.165, 1.54) is 0 Å². The van der Waals surface area contributed by atoms with Crippen molar-refractivity contribution in [2.24, 2.45) is 0 Å². The van der Waals surface area contributed by atoms with Gasteiger partial charge in [-0.3, -0.25) is 4.98 Å². The van der Waals surface area contributed by atoms with Gasteiger partial charge >= 0.3 is 0 Å². The van der Waals surface area contributed by atoms with Crippen molar-refractivity contribution in [2.75, 3.05) is 27.2 Å². The van der Waals surface area contributed by atoms with Gasteiger partial charge in [-0.1, -0.05) is 0 Å². The second-order valence-corrected chi connectivity index (χ2v) is 6.15. The van der Waals surface area contributed by atoms with E-state index in [0.29, 0.717) is 6.61 Å². The molecule has 1 heterocycles. The minimum absolute atomic E-state index is 0.0757.